The lowest BCUT2D eigenvalue weighted by molar-refractivity contribution is 0.147. The van der Waals surface area contributed by atoms with E-state index in [9.17, 15) is 9.90 Å². The number of cyclic esters (lactones) is 1. The molecule has 2 atom stereocenters. The molecule has 1 aromatic heterocycles. The van der Waals surface area contributed by atoms with E-state index in [0.717, 1.165) is 27.5 Å². The zero-order valence-corrected chi connectivity index (χ0v) is 17.7. The van der Waals surface area contributed by atoms with Crippen LogP contribution in [0.4, 0.5) is 4.79 Å². The molecule has 0 saturated carbocycles. The van der Waals surface area contributed by atoms with Gasteiger partial charge in [-0.2, -0.15) is 0 Å². The third-order valence-corrected chi connectivity index (χ3v) is 6.62. The van der Waals surface area contributed by atoms with Gasteiger partial charge in [-0.05, 0) is 52.6 Å². The Morgan fingerprint density at radius 3 is 2.44 bits per heavy atom. The Morgan fingerprint density at radius 1 is 1.06 bits per heavy atom. The van der Waals surface area contributed by atoms with Crippen molar-refractivity contribution in [2.45, 2.75) is 18.5 Å². The maximum absolute atomic E-state index is 12.8. The molecule has 4 aromatic rings. The van der Waals surface area contributed by atoms with Gasteiger partial charge >= 0.3 is 6.09 Å². The predicted octanol–water partition coefficient (Wildman–Crippen LogP) is 4.51. The number of benzene rings is 3. The average molecular weight is 430 g/mol. The zero-order valence-electron chi connectivity index (χ0n) is 17.7. The molecular weight excluding hydrogens is 408 g/mol. The number of hydrogen-bond donors (Lipinski definition) is 2. The molecular formula is C25H22N2O5. The second kappa shape index (κ2) is 6.82. The molecule has 7 nitrogen and oxygen atoms in total. The Labute approximate surface area is 184 Å². The van der Waals surface area contributed by atoms with Gasteiger partial charge in [0, 0.05) is 16.6 Å². The van der Waals surface area contributed by atoms with E-state index in [1.54, 1.807) is 17.0 Å². The standard InChI is InChI=1S/C25H22N2O5/c1-30-20-9-15(10-21(31-2)24(20)28)23-22-18(11-16-12-32-25(29)27(16)23)17-7-13-5-3-4-6-14(13)8-19(17)26-22/h3-10,16,23,26,28H,11-12H2,1-2H3/t16-,23+/m0/s1. The lowest BCUT2D eigenvalue weighted by Gasteiger charge is -2.36. The highest BCUT2D eigenvalue weighted by atomic mass is 16.6. The maximum Gasteiger partial charge on any atom is 0.411 e. The van der Waals surface area contributed by atoms with Gasteiger partial charge in [0.1, 0.15) is 12.6 Å². The van der Waals surface area contributed by atoms with Gasteiger partial charge in [-0.3, -0.25) is 4.90 Å². The summed E-state index contributed by atoms with van der Waals surface area (Å²) in [5, 5.41) is 13.9. The zero-order chi connectivity index (χ0) is 22.0. The van der Waals surface area contributed by atoms with Crippen LogP contribution in [0.3, 0.4) is 0 Å². The largest absolute Gasteiger partial charge is 0.502 e. The lowest BCUT2D eigenvalue weighted by Crippen LogP contribution is -2.42. The normalized spacial score (nSPS) is 19.7. The third kappa shape index (κ3) is 2.57. The van der Waals surface area contributed by atoms with Gasteiger partial charge in [-0.25, -0.2) is 4.79 Å². The van der Waals surface area contributed by atoms with Crippen LogP contribution < -0.4 is 9.47 Å². The van der Waals surface area contributed by atoms with E-state index in [-0.39, 0.29) is 29.4 Å². The SMILES string of the molecule is COc1cc([C@@H]2c3[nH]c4cc5ccccc5cc4c3C[C@H]3COC(=O)N32)cc(OC)c1O. The first-order chi connectivity index (χ1) is 15.6. The van der Waals surface area contributed by atoms with Crippen molar-refractivity contribution in [1.29, 1.82) is 0 Å². The minimum absolute atomic E-state index is 0.0711. The molecule has 2 N–H and O–H groups in total. The smallest absolute Gasteiger partial charge is 0.411 e. The van der Waals surface area contributed by atoms with Gasteiger partial charge < -0.3 is 24.3 Å². The fourth-order valence-electron chi connectivity index (χ4n) is 5.13. The average Bonchev–Trinajstić information content (AvgIpc) is 3.36. The van der Waals surface area contributed by atoms with Gasteiger partial charge in [0.2, 0.25) is 5.75 Å². The molecule has 0 aliphatic carbocycles. The lowest BCUT2D eigenvalue weighted by atomic mass is 9.88. The van der Waals surface area contributed by atoms with Gasteiger partial charge in [0.15, 0.2) is 11.5 Å². The summed E-state index contributed by atoms with van der Waals surface area (Å²) in [5.74, 6) is 0.508. The Kier molecular flexibility index (Phi) is 4.02. The third-order valence-electron chi connectivity index (χ3n) is 6.62. The van der Waals surface area contributed by atoms with Crippen molar-refractivity contribution in [1.82, 2.24) is 9.88 Å². The fourth-order valence-corrected chi connectivity index (χ4v) is 5.13. The van der Waals surface area contributed by atoms with Crippen molar-refractivity contribution >= 4 is 27.8 Å². The summed E-state index contributed by atoms with van der Waals surface area (Å²) in [7, 11) is 2.98. The van der Waals surface area contributed by atoms with Crippen molar-refractivity contribution < 1.29 is 24.1 Å². The van der Waals surface area contributed by atoms with Gasteiger partial charge in [0.25, 0.3) is 0 Å². The van der Waals surface area contributed by atoms with Crippen molar-refractivity contribution in [2.75, 3.05) is 20.8 Å². The van der Waals surface area contributed by atoms with E-state index < -0.39 is 6.04 Å². The number of hydrogen-bond acceptors (Lipinski definition) is 5. The topological polar surface area (TPSA) is 84.0 Å². The highest BCUT2D eigenvalue weighted by Gasteiger charge is 2.45. The number of ether oxygens (including phenoxy) is 3. The molecule has 0 unspecified atom stereocenters. The first kappa shape index (κ1) is 18.9. The van der Waals surface area contributed by atoms with Crippen LogP contribution in [-0.4, -0.2) is 48.0 Å². The number of carbonyl (C=O) groups excluding carboxylic acids is 1. The molecule has 1 saturated heterocycles. The Morgan fingerprint density at radius 2 is 1.75 bits per heavy atom. The Bertz CT molecular complexity index is 1370. The summed E-state index contributed by atoms with van der Waals surface area (Å²) in [6, 6.07) is 15.6. The molecule has 32 heavy (non-hydrogen) atoms. The van der Waals surface area contributed by atoms with E-state index in [1.807, 2.05) is 12.1 Å². The molecule has 2 aliphatic rings. The molecule has 3 heterocycles. The highest BCUT2D eigenvalue weighted by Crippen LogP contribution is 2.47. The summed E-state index contributed by atoms with van der Waals surface area (Å²) < 4.78 is 16.2. The second-order valence-electron chi connectivity index (χ2n) is 8.28. The van der Waals surface area contributed by atoms with E-state index in [1.165, 1.54) is 25.2 Å². The number of amides is 1. The number of phenolic OH excluding ortho intramolecular Hbond substituents is 1. The van der Waals surface area contributed by atoms with Crippen LogP contribution in [0.15, 0.2) is 48.5 Å². The Balaban J connectivity index is 1.62. The summed E-state index contributed by atoms with van der Waals surface area (Å²) in [4.78, 5) is 18.1. The maximum atomic E-state index is 12.8. The van der Waals surface area contributed by atoms with Crippen LogP contribution in [0.2, 0.25) is 0 Å². The number of aromatic hydroxyl groups is 1. The van der Waals surface area contributed by atoms with Crippen molar-refractivity contribution in [2.24, 2.45) is 0 Å². The van der Waals surface area contributed by atoms with Crippen LogP contribution >= 0.6 is 0 Å². The van der Waals surface area contributed by atoms with Crippen LogP contribution in [-0.2, 0) is 11.2 Å². The summed E-state index contributed by atoms with van der Waals surface area (Å²) >= 11 is 0. The van der Waals surface area contributed by atoms with E-state index in [2.05, 4.69) is 29.2 Å². The van der Waals surface area contributed by atoms with Gasteiger partial charge in [0.05, 0.1) is 20.3 Å². The van der Waals surface area contributed by atoms with Crippen molar-refractivity contribution in [3.8, 4) is 17.2 Å². The van der Waals surface area contributed by atoms with E-state index >= 15 is 0 Å². The minimum Gasteiger partial charge on any atom is -0.502 e. The van der Waals surface area contributed by atoms with Gasteiger partial charge in [-0.15, -0.1) is 0 Å². The van der Waals surface area contributed by atoms with Crippen LogP contribution in [0, 0.1) is 0 Å². The molecule has 0 bridgehead atoms. The first-order valence-electron chi connectivity index (χ1n) is 10.5. The number of aromatic nitrogens is 1. The second-order valence-corrected chi connectivity index (χ2v) is 8.28. The number of carbonyl (C=O) groups is 1. The Hall–Kier alpha value is -3.87. The summed E-state index contributed by atoms with van der Waals surface area (Å²) in [6.45, 7) is 0.349. The monoisotopic (exact) mass is 430 g/mol. The molecule has 1 fully saturated rings. The molecule has 1 amide bonds. The molecule has 2 aliphatic heterocycles. The molecule has 162 valence electrons. The predicted molar refractivity (Wildman–Crippen MR) is 120 cm³/mol. The number of fused-ring (bicyclic) bond motifs is 5. The molecule has 3 aromatic carbocycles. The number of nitrogens with one attached hydrogen (secondary N) is 1. The minimum atomic E-state index is -0.419. The number of rotatable bonds is 3. The van der Waals surface area contributed by atoms with E-state index in [4.69, 9.17) is 14.2 Å². The van der Waals surface area contributed by atoms with Crippen LogP contribution in [0.1, 0.15) is 22.9 Å². The number of nitrogens with zero attached hydrogens (tertiary/aromatic N) is 1. The number of aromatic amines is 1. The number of methoxy groups -OCH3 is 2. The molecule has 7 heteroatoms. The molecule has 0 spiro atoms. The van der Waals surface area contributed by atoms with Crippen LogP contribution in [0.5, 0.6) is 17.2 Å². The summed E-state index contributed by atoms with van der Waals surface area (Å²) in [5.41, 5.74) is 3.94. The first-order valence-corrected chi connectivity index (χ1v) is 10.5. The molecule has 6 rings (SSSR count). The quantitative estimate of drug-likeness (QED) is 0.500. The summed E-state index contributed by atoms with van der Waals surface area (Å²) in [6.07, 6.45) is 0.364. The molecule has 0 radical (unpaired) electrons. The highest BCUT2D eigenvalue weighted by molar-refractivity contribution is 5.99. The fraction of sp³-hybridized carbons (Fsp3) is 0.240. The number of phenols is 1. The van der Waals surface area contributed by atoms with E-state index in [0.29, 0.717) is 13.0 Å². The van der Waals surface area contributed by atoms with Crippen LogP contribution in [0.25, 0.3) is 21.7 Å². The number of H-pyrrole nitrogens is 1. The van der Waals surface area contributed by atoms with Gasteiger partial charge in [-0.1, -0.05) is 24.3 Å². The van der Waals surface area contributed by atoms with Crippen molar-refractivity contribution in [3.05, 3.63) is 65.4 Å². The van der Waals surface area contributed by atoms with Crippen molar-refractivity contribution in [3.63, 3.8) is 0 Å².